The average Bonchev–Trinajstić information content (AvgIpc) is 2.44. The predicted molar refractivity (Wildman–Crippen MR) is 75.5 cm³/mol. The lowest BCUT2D eigenvalue weighted by atomic mass is 10.2. The molecule has 6 heteroatoms. The molecule has 0 aromatic heterocycles. The van der Waals surface area contributed by atoms with E-state index in [1.165, 1.54) is 0 Å². The summed E-state index contributed by atoms with van der Waals surface area (Å²) in [5, 5.41) is 2.69. The van der Waals surface area contributed by atoms with Crippen molar-refractivity contribution in [3.8, 4) is 0 Å². The number of amides is 2. The average molecular weight is 280 g/mol. The quantitative estimate of drug-likeness (QED) is 0.699. The van der Waals surface area contributed by atoms with Crippen molar-refractivity contribution in [1.82, 2.24) is 0 Å². The first-order chi connectivity index (χ1) is 9.54. The maximum Gasteiger partial charge on any atom is 0.253 e. The van der Waals surface area contributed by atoms with Crippen molar-refractivity contribution in [3.63, 3.8) is 0 Å². The van der Waals surface area contributed by atoms with Crippen molar-refractivity contribution in [2.45, 2.75) is 20.0 Å². The van der Waals surface area contributed by atoms with Crippen LogP contribution in [0.3, 0.4) is 0 Å². The Balaban J connectivity index is 2.42. The summed E-state index contributed by atoms with van der Waals surface area (Å²) in [6.07, 6.45) is -0.578. The third-order valence-corrected chi connectivity index (χ3v) is 2.61. The van der Waals surface area contributed by atoms with Crippen LogP contribution in [0.15, 0.2) is 24.3 Å². The van der Waals surface area contributed by atoms with Gasteiger partial charge in [0.15, 0.2) is 0 Å². The molecule has 110 valence electrons. The van der Waals surface area contributed by atoms with Crippen LogP contribution >= 0.6 is 0 Å². The number of rotatable bonds is 8. The zero-order chi connectivity index (χ0) is 15.0. The zero-order valence-electron chi connectivity index (χ0n) is 11.7. The molecule has 1 aromatic rings. The van der Waals surface area contributed by atoms with Gasteiger partial charge in [0.2, 0.25) is 5.91 Å². The molecule has 0 saturated carbocycles. The van der Waals surface area contributed by atoms with Crippen LogP contribution in [0.2, 0.25) is 0 Å². The zero-order valence-corrected chi connectivity index (χ0v) is 11.7. The number of anilines is 1. The minimum atomic E-state index is -0.578. The van der Waals surface area contributed by atoms with Crippen molar-refractivity contribution >= 4 is 17.5 Å². The van der Waals surface area contributed by atoms with E-state index < -0.39 is 12.0 Å². The molecule has 0 heterocycles. The van der Waals surface area contributed by atoms with E-state index in [0.717, 1.165) is 0 Å². The normalized spacial score (nSPS) is 11.9. The summed E-state index contributed by atoms with van der Waals surface area (Å²) in [6, 6.07) is 6.34. The minimum absolute atomic E-state index is 0.256. The largest absolute Gasteiger partial charge is 0.379 e. The van der Waals surface area contributed by atoms with Crippen molar-refractivity contribution in [1.29, 1.82) is 0 Å². The highest BCUT2D eigenvalue weighted by Gasteiger charge is 2.13. The number of hydrogen-bond donors (Lipinski definition) is 2. The number of hydrogen-bond acceptors (Lipinski definition) is 4. The maximum atomic E-state index is 11.8. The van der Waals surface area contributed by atoms with Gasteiger partial charge in [0, 0.05) is 17.9 Å². The molecule has 0 saturated heterocycles. The molecule has 1 rings (SSSR count). The highest BCUT2D eigenvalue weighted by molar-refractivity contribution is 5.96. The van der Waals surface area contributed by atoms with E-state index in [2.05, 4.69) is 5.32 Å². The predicted octanol–water partition coefficient (Wildman–Crippen LogP) is 1.17. The highest BCUT2D eigenvalue weighted by atomic mass is 16.5. The molecule has 0 aliphatic carbocycles. The second kappa shape index (κ2) is 8.29. The molecule has 0 fully saturated rings. The molecule has 1 atom stereocenters. The van der Waals surface area contributed by atoms with Crippen LogP contribution in [0, 0.1) is 0 Å². The Morgan fingerprint density at radius 2 is 1.90 bits per heavy atom. The number of primary amides is 1. The van der Waals surface area contributed by atoms with Crippen molar-refractivity contribution < 1.29 is 19.1 Å². The van der Waals surface area contributed by atoms with E-state index >= 15 is 0 Å². The number of nitrogens with two attached hydrogens (primary N) is 1. The summed E-state index contributed by atoms with van der Waals surface area (Å²) in [6.45, 7) is 5.01. The molecule has 3 N–H and O–H groups in total. The van der Waals surface area contributed by atoms with E-state index in [1.54, 1.807) is 31.2 Å². The summed E-state index contributed by atoms with van der Waals surface area (Å²) in [4.78, 5) is 22.7. The van der Waals surface area contributed by atoms with Gasteiger partial charge in [0.05, 0.1) is 13.2 Å². The Morgan fingerprint density at radius 3 is 2.45 bits per heavy atom. The third kappa shape index (κ3) is 5.38. The van der Waals surface area contributed by atoms with Crippen LogP contribution in [0.4, 0.5) is 5.69 Å². The van der Waals surface area contributed by atoms with Gasteiger partial charge in [-0.15, -0.1) is 0 Å². The molecular weight excluding hydrogens is 260 g/mol. The summed E-state index contributed by atoms with van der Waals surface area (Å²) >= 11 is 0. The van der Waals surface area contributed by atoms with Gasteiger partial charge in [-0.25, -0.2) is 0 Å². The van der Waals surface area contributed by atoms with Crippen LogP contribution in [0.25, 0.3) is 0 Å². The molecule has 0 aliphatic heterocycles. The highest BCUT2D eigenvalue weighted by Crippen LogP contribution is 2.10. The van der Waals surface area contributed by atoms with Gasteiger partial charge in [0.25, 0.3) is 5.91 Å². The number of ether oxygens (including phenoxy) is 2. The topological polar surface area (TPSA) is 90.7 Å². The van der Waals surface area contributed by atoms with E-state index in [4.69, 9.17) is 15.2 Å². The fourth-order valence-electron chi connectivity index (χ4n) is 1.47. The van der Waals surface area contributed by atoms with Gasteiger partial charge in [-0.1, -0.05) is 0 Å². The second-order valence-corrected chi connectivity index (χ2v) is 4.14. The van der Waals surface area contributed by atoms with E-state index in [-0.39, 0.29) is 5.91 Å². The molecule has 6 nitrogen and oxygen atoms in total. The Morgan fingerprint density at radius 1 is 1.25 bits per heavy atom. The van der Waals surface area contributed by atoms with Gasteiger partial charge in [-0.05, 0) is 38.1 Å². The fraction of sp³-hybridized carbons (Fsp3) is 0.429. The molecule has 2 amide bonds. The second-order valence-electron chi connectivity index (χ2n) is 4.14. The lowest BCUT2D eigenvalue weighted by Crippen LogP contribution is -2.28. The molecule has 0 aliphatic rings. The minimum Gasteiger partial charge on any atom is -0.379 e. The van der Waals surface area contributed by atoms with E-state index in [0.29, 0.717) is 31.1 Å². The number of nitrogens with one attached hydrogen (secondary N) is 1. The molecule has 1 aromatic carbocycles. The first-order valence-corrected chi connectivity index (χ1v) is 6.44. The molecule has 0 radical (unpaired) electrons. The fourth-order valence-corrected chi connectivity index (χ4v) is 1.47. The Labute approximate surface area is 118 Å². The van der Waals surface area contributed by atoms with Crippen LogP contribution < -0.4 is 11.1 Å². The lowest BCUT2D eigenvalue weighted by molar-refractivity contribution is -0.127. The molecule has 0 bridgehead atoms. The van der Waals surface area contributed by atoms with E-state index in [9.17, 15) is 9.59 Å². The van der Waals surface area contributed by atoms with Gasteiger partial charge < -0.3 is 20.5 Å². The number of benzene rings is 1. The third-order valence-electron chi connectivity index (χ3n) is 2.61. The monoisotopic (exact) mass is 280 g/mol. The molecule has 1 unspecified atom stereocenters. The van der Waals surface area contributed by atoms with Crippen LogP contribution in [-0.4, -0.2) is 37.7 Å². The number of carbonyl (C=O) groups excluding carboxylic acids is 2. The van der Waals surface area contributed by atoms with Crippen molar-refractivity contribution in [3.05, 3.63) is 29.8 Å². The number of carbonyl (C=O) groups is 2. The van der Waals surface area contributed by atoms with Crippen molar-refractivity contribution in [2.75, 3.05) is 25.1 Å². The van der Waals surface area contributed by atoms with Gasteiger partial charge in [0.1, 0.15) is 6.10 Å². The Bertz CT molecular complexity index is 445. The van der Waals surface area contributed by atoms with Crippen LogP contribution in [0.5, 0.6) is 0 Å². The van der Waals surface area contributed by atoms with Gasteiger partial charge in [-0.2, -0.15) is 0 Å². The Hall–Kier alpha value is -1.92. The lowest BCUT2D eigenvalue weighted by Gasteiger charge is -2.13. The SMILES string of the molecule is CCOCCOC(C)C(=O)Nc1ccc(C(N)=O)cc1. The summed E-state index contributed by atoms with van der Waals surface area (Å²) < 4.78 is 10.4. The molecule has 20 heavy (non-hydrogen) atoms. The van der Waals surface area contributed by atoms with E-state index in [1.807, 2.05) is 6.92 Å². The van der Waals surface area contributed by atoms with Gasteiger partial charge in [-0.3, -0.25) is 9.59 Å². The maximum absolute atomic E-state index is 11.8. The standard InChI is InChI=1S/C14H20N2O4/c1-3-19-8-9-20-10(2)14(18)16-12-6-4-11(5-7-12)13(15)17/h4-7,10H,3,8-9H2,1-2H3,(H2,15,17)(H,16,18). The first kappa shape index (κ1) is 16.1. The van der Waals surface area contributed by atoms with Crippen LogP contribution in [-0.2, 0) is 14.3 Å². The smallest absolute Gasteiger partial charge is 0.253 e. The first-order valence-electron chi connectivity index (χ1n) is 6.44. The summed E-state index contributed by atoms with van der Waals surface area (Å²) in [5.41, 5.74) is 6.11. The van der Waals surface area contributed by atoms with Crippen LogP contribution in [0.1, 0.15) is 24.2 Å². The van der Waals surface area contributed by atoms with Crippen molar-refractivity contribution in [2.24, 2.45) is 5.73 Å². The summed E-state index contributed by atoms with van der Waals surface area (Å²) in [5.74, 6) is -0.760. The molecule has 0 spiro atoms. The van der Waals surface area contributed by atoms with Gasteiger partial charge >= 0.3 is 0 Å². The summed E-state index contributed by atoms with van der Waals surface area (Å²) in [7, 11) is 0. The Kier molecular flexibility index (Phi) is 6.69. The molecular formula is C14H20N2O4.